The van der Waals surface area contributed by atoms with Gasteiger partial charge >= 0.3 is 0 Å². The Morgan fingerprint density at radius 1 is 1.23 bits per heavy atom. The van der Waals surface area contributed by atoms with Crippen molar-refractivity contribution >= 4 is 44.4 Å². The van der Waals surface area contributed by atoms with Gasteiger partial charge in [0.1, 0.15) is 0 Å². The number of ether oxygens (including phenoxy) is 2. The third kappa shape index (κ3) is 3.48. The van der Waals surface area contributed by atoms with E-state index < -0.39 is 0 Å². The van der Waals surface area contributed by atoms with E-state index in [1.54, 1.807) is 0 Å². The lowest BCUT2D eigenvalue weighted by Crippen LogP contribution is -2.14. The molecule has 1 N–H and O–H groups in total. The molecule has 5 rings (SSSR count). The number of rotatable bonds is 5. The van der Waals surface area contributed by atoms with Crippen LogP contribution in [0.4, 0.5) is 5.13 Å². The van der Waals surface area contributed by atoms with Crippen molar-refractivity contribution in [3.05, 3.63) is 42.0 Å². The van der Waals surface area contributed by atoms with Crippen LogP contribution in [0.5, 0.6) is 11.5 Å². The number of nitrogens with zero attached hydrogens (tertiary/aromatic N) is 4. The number of benzene rings is 2. The van der Waals surface area contributed by atoms with Crippen molar-refractivity contribution in [2.45, 2.75) is 12.1 Å². The molecule has 0 unspecified atom stereocenters. The van der Waals surface area contributed by atoms with Gasteiger partial charge in [-0.05, 0) is 36.8 Å². The van der Waals surface area contributed by atoms with Crippen LogP contribution in [-0.2, 0) is 11.8 Å². The molecule has 3 heterocycles. The maximum atomic E-state index is 12.4. The molecule has 0 saturated carbocycles. The van der Waals surface area contributed by atoms with E-state index in [1.165, 1.54) is 23.1 Å². The topological polar surface area (TPSA) is 91.2 Å². The Hall–Kier alpha value is -3.11. The average Bonchev–Trinajstić information content (AvgIpc) is 3.44. The van der Waals surface area contributed by atoms with Crippen molar-refractivity contribution in [3.63, 3.8) is 0 Å². The second-order valence-corrected chi connectivity index (χ2v) is 8.68. The average molecular weight is 440 g/mol. The molecule has 0 fully saturated rings. The van der Waals surface area contributed by atoms with Crippen LogP contribution in [0.1, 0.15) is 5.56 Å². The van der Waals surface area contributed by atoms with E-state index in [2.05, 4.69) is 20.5 Å². The molecule has 8 nitrogen and oxygen atoms in total. The molecule has 1 aliphatic heterocycles. The van der Waals surface area contributed by atoms with E-state index in [-0.39, 0.29) is 18.5 Å². The first-order chi connectivity index (χ1) is 14.6. The first kappa shape index (κ1) is 18.9. The van der Waals surface area contributed by atoms with E-state index in [1.807, 2.05) is 54.9 Å². The SMILES string of the molecule is Cc1cccc2sc(NC(=O)CSc3nnc(-c4ccc5c(c4)OCO5)n3C)nc12. The van der Waals surface area contributed by atoms with E-state index in [0.717, 1.165) is 27.1 Å². The summed E-state index contributed by atoms with van der Waals surface area (Å²) in [5.74, 6) is 2.18. The predicted molar refractivity (Wildman–Crippen MR) is 116 cm³/mol. The van der Waals surface area contributed by atoms with Gasteiger partial charge in [-0.25, -0.2) is 4.98 Å². The standard InChI is InChI=1S/C20H17N5O3S2/c1-11-4-3-5-15-17(11)22-19(30-15)21-16(26)9-29-20-24-23-18(25(20)2)12-6-7-13-14(8-12)28-10-27-13/h3-8H,9-10H2,1-2H3,(H,21,22,26). The summed E-state index contributed by atoms with van der Waals surface area (Å²) in [4.78, 5) is 16.9. The summed E-state index contributed by atoms with van der Waals surface area (Å²) >= 11 is 2.79. The molecular formula is C20H17N5O3S2. The molecule has 0 saturated heterocycles. The second kappa shape index (κ2) is 7.62. The number of nitrogens with one attached hydrogen (secondary N) is 1. The van der Waals surface area contributed by atoms with Gasteiger partial charge in [0.15, 0.2) is 27.6 Å². The zero-order chi connectivity index (χ0) is 20.7. The largest absolute Gasteiger partial charge is 0.454 e. The zero-order valence-corrected chi connectivity index (χ0v) is 17.8. The Balaban J connectivity index is 1.26. The maximum Gasteiger partial charge on any atom is 0.236 e. The van der Waals surface area contributed by atoms with Crippen LogP contribution in [0.3, 0.4) is 0 Å². The normalized spacial score (nSPS) is 12.5. The number of aryl methyl sites for hydroxylation is 1. The molecule has 30 heavy (non-hydrogen) atoms. The van der Waals surface area contributed by atoms with E-state index in [9.17, 15) is 4.79 Å². The zero-order valence-electron chi connectivity index (χ0n) is 16.2. The maximum absolute atomic E-state index is 12.4. The Bertz CT molecular complexity index is 1270. The van der Waals surface area contributed by atoms with Gasteiger partial charge in [-0.3, -0.25) is 4.79 Å². The van der Waals surface area contributed by atoms with Crippen LogP contribution in [0, 0.1) is 6.92 Å². The summed E-state index contributed by atoms with van der Waals surface area (Å²) in [6, 6.07) is 11.6. The van der Waals surface area contributed by atoms with Gasteiger partial charge in [0.05, 0.1) is 16.0 Å². The number of thiazole rings is 1. The number of para-hydroxylation sites is 1. The van der Waals surface area contributed by atoms with Crippen molar-refractivity contribution in [2.75, 3.05) is 17.9 Å². The summed E-state index contributed by atoms with van der Waals surface area (Å²) in [7, 11) is 1.87. The highest BCUT2D eigenvalue weighted by Gasteiger charge is 2.18. The Labute approximate surface area is 180 Å². The first-order valence-electron chi connectivity index (χ1n) is 9.17. The van der Waals surface area contributed by atoms with Gasteiger partial charge < -0.3 is 19.4 Å². The van der Waals surface area contributed by atoms with Crippen LogP contribution in [0.2, 0.25) is 0 Å². The molecule has 0 bridgehead atoms. The first-order valence-corrected chi connectivity index (χ1v) is 11.0. The quantitative estimate of drug-likeness (QED) is 0.472. The molecule has 0 atom stereocenters. The van der Waals surface area contributed by atoms with Crippen molar-refractivity contribution in [1.82, 2.24) is 19.7 Å². The number of aromatic nitrogens is 4. The Kier molecular flexibility index (Phi) is 4.80. The van der Waals surface area contributed by atoms with E-state index in [0.29, 0.717) is 21.9 Å². The Morgan fingerprint density at radius 2 is 2.10 bits per heavy atom. The lowest BCUT2D eigenvalue weighted by atomic mass is 10.2. The van der Waals surface area contributed by atoms with Gasteiger partial charge in [0.25, 0.3) is 0 Å². The van der Waals surface area contributed by atoms with Crippen molar-refractivity contribution in [2.24, 2.45) is 7.05 Å². The molecule has 0 radical (unpaired) electrons. The monoisotopic (exact) mass is 439 g/mol. The fourth-order valence-electron chi connectivity index (χ4n) is 3.15. The van der Waals surface area contributed by atoms with Gasteiger partial charge in [0, 0.05) is 12.6 Å². The molecule has 152 valence electrons. The third-order valence-electron chi connectivity index (χ3n) is 4.67. The molecule has 2 aromatic heterocycles. The summed E-state index contributed by atoms with van der Waals surface area (Å²) in [6.07, 6.45) is 0. The van der Waals surface area contributed by atoms with Gasteiger partial charge in [-0.15, -0.1) is 10.2 Å². The molecule has 1 aliphatic rings. The van der Waals surface area contributed by atoms with Gasteiger partial charge in [-0.1, -0.05) is 35.2 Å². The van der Waals surface area contributed by atoms with Crippen molar-refractivity contribution in [3.8, 4) is 22.9 Å². The van der Waals surface area contributed by atoms with Gasteiger partial charge in [0.2, 0.25) is 12.7 Å². The number of hydrogen-bond acceptors (Lipinski definition) is 8. The van der Waals surface area contributed by atoms with Crippen LogP contribution >= 0.6 is 23.1 Å². The number of carbonyl (C=O) groups is 1. The molecule has 1 amide bonds. The van der Waals surface area contributed by atoms with Crippen molar-refractivity contribution in [1.29, 1.82) is 0 Å². The highest BCUT2D eigenvalue weighted by molar-refractivity contribution is 7.99. The second-order valence-electron chi connectivity index (χ2n) is 6.71. The highest BCUT2D eigenvalue weighted by Crippen LogP contribution is 2.36. The van der Waals surface area contributed by atoms with Gasteiger partial charge in [-0.2, -0.15) is 0 Å². The summed E-state index contributed by atoms with van der Waals surface area (Å²) in [5, 5.41) is 12.6. The minimum atomic E-state index is -0.135. The fraction of sp³-hybridized carbons (Fsp3) is 0.200. The van der Waals surface area contributed by atoms with Crippen LogP contribution < -0.4 is 14.8 Å². The van der Waals surface area contributed by atoms with Crippen molar-refractivity contribution < 1.29 is 14.3 Å². The predicted octanol–water partition coefficient (Wildman–Crippen LogP) is 3.86. The highest BCUT2D eigenvalue weighted by atomic mass is 32.2. The third-order valence-corrected chi connectivity index (χ3v) is 6.62. The Morgan fingerprint density at radius 3 is 2.97 bits per heavy atom. The molecule has 10 heteroatoms. The summed E-state index contributed by atoms with van der Waals surface area (Å²) in [5.41, 5.74) is 2.89. The number of fused-ring (bicyclic) bond motifs is 2. The number of carbonyl (C=O) groups excluding carboxylic acids is 1. The van der Waals surface area contributed by atoms with Crippen LogP contribution in [-0.4, -0.2) is 38.2 Å². The smallest absolute Gasteiger partial charge is 0.236 e. The molecule has 0 spiro atoms. The molecule has 0 aliphatic carbocycles. The number of thioether (sulfide) groups is 1. The van der Waals surface area contributed by atoms with E-state index in [4.69, 9.17) is 9.47 Å². The lowest BCUT2D eigenvalue weighted by molar-refractivity contribution is -0.113. The minimum absolute atomic E-state index is 0.135. The molecule has 2 aromatic carbocycles. The summed E-state index contributed by atoms with van der Waals surface area (Å²) < 4.78 is 13.7. The summed E-state index contributed by atoms with van der Waals surface area (Å²) in [6.45, 7) is 2.23. The molecule has 4 aromatic rings. The van der Waals surface area contributed by atoms with E-state index >= 15 is 0 Å². The number of amides is 1. The molecular weight excluding hydrogens is 422 g/mol. The minimum Gasteiger partial charge on any atom is -0.454 e. The number of hydrogen-bond donors (Lipinski definition) is 1. The lowest BCUT2D eigenvalue weighted by Gasteiger charge is -2.05. The number of anilines is 1. The van der Waals surface area contributed by atoms with Crippen LogP contribution in [0.15, 0.2) is 41.6 Å². The van der Waals surface area contributed by atoms with Crippen LogP contribution in [0.25, 0.3) is 21.6 Å². The fourth-order valence-corrected chi connectivity index (χ4v) is 4.82.